The zero-order chi connectivity index (χ0) is 15.3. The van der Waals surface area contributed by atoms with Gasteiger partial charge in [-0.05, 0) is 51.9 Å². The molecule has 1 aliphatic heterocycles. The molecule has 3 N–H and O–H groups in total. The van der Waals surface area contributed by atoms with Gasteiger partial charge in [0.2, 0.25) is 5.91 Å². The van der Waals surface area contributed by atoms with Gasteiger partial charge in [0.15, 0.2) is 0 Å². The fourth-order valence-electron chi connectivity index (χ4n) is 2.73. The third kappa shape index (κ3) is 9.06. The van der Waals surface area contributed by atoms with Crippen LogP contribution in [0.15, 0.2) is 0 Å². The fraction of sp³-hybridized carbons (Fsp3) is 0.938. The predicted molar refractivity (Wildman–Crippen MR) is 88.3 cm³/mol. The molecule has 1 fully saturated rings. The molecule has 1 rings (SSSR count). The first-order chi connectivity index (χ1) is 10.3. The standard InChI is InChI=1S/C16H34N4O/c1-2-3-9-18-16(21)15-20-12-7-11-19(13-14-20)10-6-4-5-8-17/h2-15,17H2,1H3,(H,18,21). The quantitative estimate of drug-likeness (QED) is 0.592. The number of unbranched alkanes of at least 4 members (excludes halogenated alkanes) is 3. The SMILES string of the molecule is CCCCNC(=O)CN1CCCN(CCCCCN)CC1. The molecule has 5 heteroatoms. The first-order valence-electron chi connectivity index (χ1n) is 8.67. The Bertz CT molecular complexity index is 273. The highest BCUT2D eigenvalue weighted by atomic mass is 16.2. The van der Waals surface area contributed by atoms with Crippen molar-refractivity contribution in [2.24, 2.45) is 5.73 Å². The summed E-state index contributed by atoms with van der Waals surface area (Å²) >= 11 is 0. The van der Waals surface area contributed by atoms with Gasteiger partial charge in [-0.2, -0.15) is 0 Å². The third-order valence-corrected chi connectivity index (χ3v) is 4.08. The lowest BCUT2D eigenvalue weighted by atomic mass is 10.2. The largest absolute Gasteiger partial charge is 0.355 e. The minimum atomic E-state index is 0.180. The predicted octanol–water partition coefficient (Wildman–Crippen LogP) is 1.04. The molecule has 0 aromatic carbocycles. The zero-order valence-electron chi connectivity index (χ0n) is 13.8. The molecular formula is C16H34N4O. The third-order valence-electron chi connectivity index (χ3n) is 4.08. The number of hydrogen-bond donors (Lipinski definition) is 2. The van der Waals surface area contributed by atoms with Crippen molar-refractivity contribution in [2.45, 2.75) is 45.4 Å². The number of carbonyl (C=O) groups is 1. The summed E-state index contributed by atoms with van der Waals surface area (Å²) in [5, 5.41) is 3.00. The summed E-state index contributed by atoms with van der Waals surface area (Å²) in [4.78, 5) is 16.7. The van der Waals surface area contributed by atoms with Gasteiger partial charge in [-0.1, -0.05) is 19.8 Å². The Balaban J connectivity index is 2.15. The normalized spacial score (nSPS) is 17.6. The second-order valence-electron chi connectivity index (χ2n) is 6.02. The molecule has 0 spiro atoms. The molecule has 0 unspecified atom stereocenters. The summed E-state index contributed by atoms with van der Waals surface area (Å²) in [6, 6.07) is 0. The van der Waals surface area contributed by atoms with Crippen LogP contribution in [0.1, 0.15) is 45.4 Å². The molecule has 0 aromatic rings. The Kier molecular flexibility index (Phi) is 10.5. The van der Waals surface area contributed by atoms with E-state index >= 15 is 0 Å². The summed E-state index contributed by atoms with van der Waals surface area (Å²) in [6.45, 7) is 9.81. The smallest absolute Gasteiger partial charge is 0.234 e. The number of nitrogens with two attached hydrogens (primary N) is 1. The number of nitrogens with zero attached hydrogens (tertiary/aromatic N) is 2. The molecule has 5 nitrogen and oxygen atoms in total. The monoisotopic (exact) mass is 298 g/mol. The Labute approximate surface area is 130 Å². The van der Waals surface area contributed by atoms with E-state index in [4.69, 9.17) is 5.73 Å². The second kappa shape index (κ2) is 12.0. The molecular weight excluding hydrogens is 264 g/mol. The Morgan fingerprint density at radius 1 is 1.05 bits per heavy atom. The number of hydrogen-bond acceptors (Lipinski definition) is 4. The van der Waals surface area contributed by atoms with E-state index in [9.17, 15) is 4.79 Å². The van der Waals surface area contributed by atoms with Crippen molar-refractivity contribution in [1.29, 1.82) is 0 Å². The molecule has 0 saturated carbocycles. The van der Waals surface area contributed by atoms with E-state index < -0.39 is 0 Å². The zero-order valence-corrected chi connectivity index (χ0v) is 13.8. The maximum absolute atomic E-state index is 11.8. The highest BCUT2D eigenvalue weighted by Gasteiger charge is 2.16. The van der Waals surface area contributed by atoms with Crippen LogP contribution >= 0.6 is 0 Å². The molecule has 1 heterocycles. The Morgan fingerprint density at radius 2 is 1.81 bits per heavy atom. The minimum Gasteiger partial charge on any atom is -0.355 e. The van der Waals surface area contributed by atoms with Crippen LogP contribution in [-0.4, -0.2) is 68.1 Å². The van der Waals surface area contributed by atoms with Gasteiger partial charge in [-0.3, -0.25) is 9.69 Å². The van der Waals surface area contributed by atoms with Crippen LogP contribution in [0.25, 0.3) is 0 Å². The van der Waals surface area contributed by atoms with Gasteiger partial charge >= 0.3 is 0 Å². The van der Waals surface area contributed by atoms with E-state index in [1.165, 1.54) is 25.8 Å². The van der Waals surface area contributed by atoms with Crippen molar-refractivity contribution in [3.63, 3.8) is 0 Å². The molecule has 0 aliphatic carbocycles. The van der Waals surface area contributed by atoms with E-state index in [2.05, 4.69) is 22.0 Å². The van der Waals surface area contributed by atoms with Crippen molar-refractivity contribution >= 4 is 5.91 Å². The van der Waals surface area contributed by atoms with Crippen molar-refractivity contribution in [3.05, 3.63) is 0 Å². The van der Waals surface area contributed by atoms with Crippen LogP contribution in [0.4, 0.5) is 0 Å². The lowest BCUT2D eigenvalue weighted by molar-refractivity contribution is -0.122. The van der Waals surface area contributed by atoms with Crippen molar-refractivity contribution in [3.8, 4) is 0 Å². The summed E-state index contributed by atoms with van der Waals surface area (Å²) in [6.07, 6.45) is 6.98. The molecule has 1 amide bonds. The van der Waals surface area contributed by atoms with Gasteiger partial charge in [-0.15, -0.1) is 0 Å². The van der Waals surface area contributed by atoms with E-state index in [0.717, 1.165) is 58.5 Å². The molecule has 0 atom stereocenters. The highest BCUT2D eigenvalue weighted by Crippen LogP contribution is 2.05. The van der Waals surface area contributed by atoms with Gasteiger partial charge in [0.25, 0.3) is 0 Å². The number of amides is 1. The van der Waals surface area contributed by atoms with Gasteiger partial charge in [-0.25, -0.2) is 0 Å². The molecule has 21 heavy (non-hydrogen) atoms. The number of carbonyl (C=O) groups excluding carboxylic acids is 1. The number of rotatable bonds is 10. The summed E-state index contributed by atoms with van der Waals surface area (Å²) < 4.78 is 0. The van der Waals surface area contributed by atoms with Crippen LogP contribution in [0, 0.1) is 0 Å². The molecule has 124 valence electrons. The van der Waals surface area contributed by atoms with E-state index in [1.54, 1.807) is 0 Å². The fourth-order valence-corrected chi connectivity index (χ4v) is 2.73. The van der Waals surface area contributed by atoms with Gasteiger partial charge in [0, 0.05) is 19.6 Å². The van der Waals surface area contributed by atoms with E-state index in [1.807, 2.05) is 0 Å². The lowest BCUT2D eigenvalue weighted by Gasteiger charge is -2.21. The van der Waals surface area contributed by atoms with Crippen LogP contribution in [0.5, 0.6) is 0 Å². The summed E-state index contributed by atoms with van der Waals surface area (Å²) in [5.74, 6) is 0.180. The van der Waals surface area contributed by atoms with Crippen molar-refractivity contribution < 1.29 is 4.79 Å². The van der Waals surface area contributed by atoms with Crippen LogP contribution in [-0.2, 0) is 4.79 Å². The van der Waals surface area contributed by atoms with Crippen molar-refractivity contribution in [2.75, 3.05) is 52.4 Å². The second-order valence-corrected chi connectivity index (χ2v) is 6.02. The van der Waals surface area contributed by atoms with Crippen molar-refractivity contribution in [1.82, 2.24) is 15.1 Å². The Hall–Kier alpha value is -0.650. The van der Waals surface area contributed by atoms with Gasteiger partial charge in [0.05, 0.1) is 6.54 Å². The van der Waals surface area contributed by atoms with Gasteiger partial charge in [0.1, 0.15) is 0 Å². The Morgan fingerprint density at radius 3 is 2.57 bits per heavy atom. The number of nitrogens with one attached hydrogen (secondary N) is 1. The molecule has 1 saturated heterocycles. The molecule has 1 aliphatic rings. The maximum atomic E-state index is 11.8. The van der Waals surface area contributed by atoms with Crippen LogP contribution in [0.3, 0.4) is 0 Å². The average molecular weight is 298 g/mol. The topological polar surface area (TPSA) is 61.6 Å². The maximum Gasteiger partial charge on any atom is 0.234 e. The first-order valence-corrected chi connectivity index (χ1v) is 8.67. The lowest BCUT2D eigenvalue weighted by Crippen LogP contribution is -2.39. The average Bonchev–Trinajstić information content (AvgIpc) is 2.69. The molecule has 0 bridgehead atoms. The minimum absolute atomic E-state index is 0.180. The summed E-state index contributed by atoms with van der Waals surface area (Å²) in [5.41, 5.74) is 5.52. The van der Waals surface area contributed by atoms with E-state index in [0.29, 0.717) is 6.54 Å². The first kappa shape index (κ1) is 18.4. The van der Waals surface area contributed by atoms with Crippen LogP contribution < -0.4 is 11.1 Å². The van der Waals surface area contributed by atoms with Gasteiger partial charge < -0.3 is 16.0 Å². The summed E-state index contributed by atoms with van der Waals surface area (Å²) in [7, 11) is 0. The van der Waals surface area contributed by atoms with E-state index in [-0.39, 0.29) is 5.91 Å². The highest BCUT2D eigenvalue weighted by molar-refractivity contribution is 5.77. The molecule has 0 radical (unpaired) electrons. The molecule has 0 aromatic heterocycles. The van der Waals surface area contributed by atoms with Crippen LogP contribution in [0.2, 0.25) is 0 Å².